The van der Waals surface area contributed by atoms with Crippen LogP contribution in [0.25, 0.3) is 0 Å². The lowest BCUT2D eigenvalue weighted by Crippen LogP contribution is -2.42. The SMILES string of the molecule is CCC1(C(=O)O)CCN(C(=O)NCC2CCC(C)C2)C1. The van der Waals surface area contributed by atoms with Gasteiger partial charge in [0, 0.05) is 19.6 Å². The average Bonchev–Trinajstić information content (AvgIpc) is 3.03. The van der Waals surface area contributed by atoms with Crippen LogP contribution in [0.1, 0.15) is 46.0 Å². The van der Waals surface area contributed by atoms with Crippen LogP contribution >= 0.6 is 0 Å². The van der Waals surface area contributed by atoms with Crippen LogP contribution in [0.4, 0.5) is 4.79 Å². The van der Waals surface area contributed by atoms with Gasteiger partial charge >= 0.3 is 12.0 Å². The number of aliphatic carboxylic acids is 1. The molecule has 1 saturated carbocycles. The molecule has 0 aromatic carbocycles. The Bertz CT molecular complexity index is 385. The molecule has 1 saturated heterocycles. The van der Waals surface area contributed by atoms with Gasteiger partial charge in [-0.1, -0.05) is 20.3 Å². The third kappa shape index (κ3) is 3.07. The van der Waals surface area contributed by atoms with E-state index in [4.69, 9.17) is 0 Å². The molecule has 1 aliphatic carbocycles. The van der Waals surface area contributed by atoms with E-state index >= 15 is 0 Å². The lowest BCUT2D eigenvalue weighted by molar-refractivity contribution is -0.148. The molecule has 20 heavy (non-hydrogen) atoms. The third-order valence-corrected chi connectivity index (χ3v) is 5.12. The Balaban J connectivity index is 1.81. The molecule has 5 nitrogen and oxygen atoms in total. The van der Waals surface area contributed by atoms with Gasteiger partial charge in [0.2, 0.25) is 0 Å². The quantitative estimate of drug-likeness (QED) is 0.831. The second-order valence-corrected chi connectivity index (χ2v) is 6.58. The first kappa shape index (κ1) is 15.1. The average molecular weight is 282 g/mol. The van der Waals surface area contributed by atoms with Gasteiger partial charge in [0.1, 0.15) is 0 Å². The molecule has 0 spiro atoms. The number of hydrogen-bond donors (Lipinski definition) is 2. The van der Waals surface area contributed by atoms with Gasteiger partial charge in [0.05, 0.1) is 5.41 Å². The van der Waals surface area contributed by atoms with Crippen molar-refractivity contribution in [1.29, 1.82) is 0 Å². The molecule has 2 N–H and O–H groups in total. The Kier molecular flexibility index (Phi) is 4.55. The summed E-state index contributed by atoms with van der Waals surface area (Å²) in [6.45, 7) is 5.75. The maximum atomic E-state index is 12.1. The van der Waals surface area contributed by atoms with E-state index in [9.17, 15) is 14.7 Å². The van der Waals surface area contributed by atoms with Crippen LogP contribution in [0, 0.1) is 17.3 Å². The van der Waals surface area contributed by atoms with E-state index in [1.165, 1.54) is 19.3 Å². The van der Waals surface area contributed by atoms with Crippen LogP contribution in [-0.2, 0) is 4.79 Å². The van der Waals surface area contributed by atoms with Crippen molar-refractivity contribution in [2.75, 3.05) is 19.6 Å². The highest BCUT2D eigenvalue weighted by Crippen LogP contribution is 2.34. The van der Waals surface area contributed by atoms with E-state index in [1.807, 2.05) is 6.92 Å². The van der Waals surface area contributed by atoms with Crippen molar-refractivity contribution in [1.82, 2.24) is 10.2 Å². The van der Waals surface area contributed by atoms with Crippen molar-refractivity contribution in [3.63, 3.8) is 0 Å². The number of hydrogen-bond acceptors (Lipinski definition) is 2. The molecule has 2 amide bonds. The van der Waals surface area contributed by atoms with Gasteiger partial charge in [0.25, 0.3) is 0 Å². The first-order valence-corrected chi connectivity index (χ1v) is 7.73. The number of nitrogens with zero attached hydrogens (tertiary/aromatic N) is 1. The predicted molar refractivity (Wildman–Crippen MR) is 76.5 cm³/mol. The van der Waals surface area contributed by atoms with Crippen molar-refractivity contribution >= 4 is 12.0 Å². The number of carboxylic acid groups (broad SMARTS) is 1. The van der Waals surface area contributed by atoms with E-state index in [0.717, 1.165) is 12.5 Å². The summed E-state index contributed by atoms with van der Waals surface area (Å²) in [4.78, 5) is 25.2. The third-order valence-electron chi connectivity index (χ3n) is 5.12. The van der Waals surface area contributed by atoms with Gasteiger partial charge in [-0.25, -0.2) is 4.79 Å². The molecule has 1 aliphatic heterocycles. The maximum Gasteiger partial charge on any atom is 0.317 e. The normalized spacial score (nSPS) is 33.4. The van der Waals surface area contributed by atoms with Crippen molar-refractivity contribution in [2.45, 2.75) is 46.0 Å². The van der Waals surface area contributed by atoms with Crippen LogP contribution in [0.2, 0.25) is 0 Å². The molecule has 1 heterocycles. The first-order chi connectivity index (χ1) is 9.47. The van der Waals surface area contributed by atoms with Gasteiger partial charge in [-0.15, -0.1) is 0 Å². The van der Waals surface area contributed by atoms with Gasteiger partial charge in [-0.3, -0.25) is 4.79 Å². The largest absolute Gasteiger partial charge is 0.481 e. The number of amides is 2. The van der Waals surface area contributed by atoms with Crippen LogP contribution in [0.15, 0.2) is 0 Å². The van der Waals surface area contributed by atoms with Crippen molar-refractivity contribution in [3.8, 4) is 0 Å². The number of carbonyl (C=O) groups excluding carboxylic acids is 1. The predicted octanol–water partition coefficient (Wildman–Crippen LogP) is 2.32. The van der Waals surface area contributed by atoms with E-state index in [1.54, 1.807) is 4.90 Å². The molecule has 5 heteroatoms. The Morgan fingerprint density at radius 2 is 2.15 bits per heavy atom. The lowest BCUT2D eigenvalue weighted by atomic mass is 9.84. The molecule has 2 aliphatic rings. The number of urea groups is 1. The van der Waals surface area contributed by atoms with Crippen molar-refractivity contribution < 1.29 is 14.7 Å². The number of carbonyl (C=O) groups is 2. The summed E-state index contributed by atoms with van der Waals surface area (Å²) in [6, 6.07) is -0.0962. The molecular formula is C15H26N2O3. The molecule has 0 aromatic rings. The molecule has 2 fully saturated rings. The van der Waals surface area contributed by atoms with E-state index in [-0.39, 0.29) is 6.03 Å². The Morgan fingerprint density at radius 1 is 1.40 bits per heavy atom. The van der Waals surface area contributed by atoms with Crippen LogP contribution in [0.3, 0.4) is 0 Å². The van der Waals surface area contributed by atoms with Crippen LogP contribution < -0.4 is 5.32 Å². The lowest BCUT2D eigenvalue weighted by Gasteiger charge is -2.23. The fourth-order valence-electron chi connectivity index (χ4n) is 3.51. The van der Waals surface area contributed by atoms with Crippen molar-refractivity contribution in [3.05, 3.63) is 0 Å². The minimum absolute atomic E-state index is 0.0962. The summed E-state index contributed by atoms with van der Waals surface area (Å²) >= 11 is 0. The molecule has 114 valence electrons. The first-order valence-electron chi connectivity index (χ1n) is 7.73. The smallest absolute Gasteiger partial charge is 0.317 e. The topological polar surface area (TPSA) is 69.6 Å². The molecule has 0 radical (unpaired) electrons. The summed E-state index contributed by atoms with van der Waals surface area (Å²) in [7, 11) is 0. The Labute approximate surface area is 120 Å². The molecule has 0 aromatic heterocycles. The van der Waals surface area contributed by atoms with E-state index < -0.39 is 11.4 Å². The van der Waals surface area contributed by atoms with Gasteiger partial charge in [-0.05, 0) is 37.5 Å². The zero-order valence-electron chi connectivity index (χ0n) is 12.5. The van der Waals surface area contributed by atoms with E-state index in [2.05, 4.69) is 12.2 Å². The van der Waals surface area contributed by atoms with E-state index in [0.29, 0.717) is 31.8 Å². The number of carboxylic acids is 1. The van der Waals surface area contributed by atoms with Gasteiger partial charge in [0.15, 0.2) is 0 Å². The maximum absolute atomic E-state index is 12.1. The molecule has 3 unspecified atom stereocenters. The zero-order valence-corrected chi connectivity index (χ0v) is 12.5. The highest BCUT2D eigenvalue weighted by Gasteiger charge is 2.44. The second-order valence-electron chi connectivity index (χ2n) is 6.58. The minimum atomic E-state index is -0.778. The Hall–Kier alpha value is -1.26. The fourth-order valence-corrected chi connectivity index (χ4v) is 3.51. The summed E-state index contributed by atoms with van der Waals surface area (Å²) in [6.07, 6.45) is 4.77. The van der Waals surface area contributed by atoms with Gasteiger partial charge in [-0.2, -0.15) is 0 Å². The van der Waals surface area contributed by atoms with Crippen LogP contribution in [-0.4, -0.2) is 41.6 Å². The fraction of sp³-hybridized carbons (Fsp3) is 0.867. The highest BCUT2D eigenvalue weighted by atomic mass is 16.4. The number of nitrogens with one attached hydrogen (secondary N) is 1. The molecule has 0 bridgehead atoms. The monoisotopic (exact) mass is 282 g/mol. The summed E-state index contributed by atoms with van der Waals surface area (Å²) in [5.41, 5.74) is -0.737. The standard InChI is InChI=1S/C15H26N2O3/c1-3-15(13(18)19)6-7-17(10-15)14(20)16-9-12-5-4-11(2)8-12/h11-12H,3-10H2,1-2H3,(H,16,20)(H,18,19). The summed E-state index contributed by atoms with van der Waals surface area (Å²) < 4.78 is 0. The second kappa shape index (κ2) is 6.02. The summed E-state index contributed by atoms with van der Waals surface area (Å²) in [5.74, 6) is 0.579. The van der Waals surface area contributed by atoms with Crippen LogP contribution in [0.5, 0.6) is 0 Å². The number of likely N-dealkylation sites (tertiary alicyclic amines) is 1. The zero-order chi connectivity index (χ0) is 14.8. The minimum Gasteiger partial charge on any atom is -0.481 e. The molecule has 2 rings (SSSR count). The summed E-state index contributed by atoms with van der Waals surface area (Å²) in [5, 5.41) is 12.3. The highest BCUT2D eigenvalue weighted by molar-refractivity contribution is 5.79. The molecule has 3 atom stereocenters. The number of rotatable bonds is 4. The Morgan fingerprint density at radius 3 is 2.65 bits per heavy atom. The molecular weight excluding hydrogens is 256 g/mol. The van der Waals surface area contributed by atoms with Gasteiger partial charge < -0.3 is 15.3 Å². The van der Waals surface area contributed by atoms with Crippen molar-refractivity contribution in [2.24, 2.45) is 17.3 Å².